The second-order valence-electron chi connectivity index (χ2n) is 8.19. The highest BCUT2D eigenvalue weighted by Gasteiger charge is 2.15. The number of hydrogen-bond acceptors (Lipinski definition) is 9. The molecule has 0 saturated carbocycles. The third-order valence-corrected chi connectivity index (χ3v) is 5.41. The first-order chi connectivity index (χ1) is 17.6. The van der Waals surface area contributed by atoms with E-state index in [-0.39, 0.29) is 6.61 Å². The standard InChI is InChI=1S/C26H27N7O3/c1-19-3-2-4-21(15-19)18-28-32-24-16-25(33-10-13-35-14-11-33)31-23(30-24)9-12-36-26(34)29-22-7-5-20(17-27)6-8-22/h2-8,15-16H,9-14,18H2,1H3,(H,29,34). The molecular weight excluding hydrogens is 458 g/mol. The molecule has 1 N–H and O–H groups in total. The summed E-state index contributed by atoms with van der Waals surface area (Å²) in [7, 11) is 0. The third-order valence-electron chi connectivity index (χ3n) is 5.41. The zero-order valence-corrected chi connectivity index (χ0v) is 20.1. The van der Waals surface area contributed by atoms with Crippen LogP contribution in [0.4, 0.5) is 22.1 Å². The number of nitrogens with one attached hydrogen (secondary N) is 1. The lowest BCUT2D eigenvalue weighted by Crippen LogP contribution is -2.37. The van der Waals surface area contributed by atoms with E-state index in [9.17, 15) is 4.79 Å². The molecule has 10 heteroatoms. The monoisotopic (exact) mass is 485 g/mol. The molecule has 0 atom stereocenters. The fourth-order valence-electron chi connectivity index (χ4n) is 3.60. The summed E-state index contributed by atoms with van der Waals surface area (Å²) in [6.07, 6.45) is -0.276. The molecule has 1 aliphatic heterocycles. The molecule has 1 saturated heterocycles. The van der Waals surface area contributed by atoms with Gasteiger partial charge in [0.2, 0.25) is 0 Å². The van der Waals surface area contributed by atoms with E-state index in [2.05, 4.69) is 36.5 Å². The fraction of sp³-hybridized carbons (Fsp3) is 0.308. The second-order valence-corrected chi connectivity index (χ2v) is 8.19. The van der Waals surface area contributed by atoms with Gasteiger partial charge in [0.1, 0.15) is 18.2 Å². The van der Waals surface area contributed by atoms with Gasteiger partial charge in [-0.2, -0.15) is 10.4 Å². The van der Waals surface area contributed by atoms with Crippen molar-refractivity contribution in [2.45, 2.75) is 19.9 Å². The van der Waals surface area contributed by atoms with E-state index in [0.29, 0.717) is 49.1 Å². The number of anilines is 2. The summed E-state index contributed by atoms with van der Waals surface area (Å²) >= 11 is 0. The minimum atomic E-state index is -0.595. The predicted molar refractivity (Wildman–Crippen MR) is 134 cm³/mol. The topological polar surface area (TPSA) is 125 Å². The van der Waals surface area contributed by atoms with Crippen molar-refractivity contribution in [2.24, 2.45) is 10.2 Å². The van der Waals surface area contributed by atoms with Crippen LogP contribution < -0.4 is 10.2 Å². The molecule has 0 spiro atoms. The third kappa shape index (κ3) is 7.32. The average Bonchev–Trinajstić information content (AvgIpc) is 2.90. The van der Waals surface area contributed by atoms with Gasteiger partial charge in [0.05, 0.1) is 31.4 Å². The Hall–Kier alpha value is -4.36. The van der Waals surface area contributed by atoms with Crippen molar-refractivity contribution in [1.29, 1.82) is 5.26 Å². The van der Waals surface area contributed by atoms with E-state index in [1.54, 1.807) is 24.3 Å². The van der Waals surface area contributed by atoms with Crippen LogP contribution in [0.1, 0.15) is 22.5 Å². The van der Waals surface area contributed by atoms with Crippen LogP contribution in [0.5, 0.6) is 0 Å². The largest absolute Gasteiger partial charge is 0.449 e. The maximum atomic E-state index is 12.1. The van der Waals surface area contributed by atoms with E-state index >= 15 is 0 Å². The number of rotatable bonds is 8. The number of hydrogen-bond donors (Lipinski definition) is 1. The second kappa shape index (κ2) is 12.4. The molecule has 3 aromatic rings. The summed E-state index contributed by atoms with van der Waals surface area (Å²) in [6, 6.07) is 18.5. The van der Waals surface area contributed by atoms with Crippen molar-refractivity contribution in [3.05, 3.63) is 77.1 Å². The van der Waals surface area contributed by atoms with E-state index in [1.165, 1.54) is 5.56 Å². The molecule has 10 nitrogen and oxygen atoms in total. The van der Waals surface area contributed by atoms with Crippen molar-refractivity contribution >= 4 is 23.4 Å². The first-order valence-electron chi connectivity index (χ1n) is 11.7. The lowest BCUT2D eigenvalue weighted by molar-refractivity contribution is 0.122. The van der Waals surface area contributed by atoms with Crippen molar-refractivity contribution in [3.63, 3.8) is 0 Å². The molecule has 184 valence electrons. The summed E-state index contributed by atoms with van der Waals surface area (Å²) < 4.78 is 10.7. The molecule has 36 heavy (non-hydrogen) atoms. The molecule has 0 aliphatic carbocycles. The van der Waals surface area contributed by atoms with Gasteiger partial charge in [-0.25, -0.2) is 14.8 Å². The molecule has 2 heterocycles. The maximum absolute atomic E-state index is 12.1. The summed E-state index contributed by atoms with van der Waals surface area (Å²) in [6.45, 7) is 5.28. The molecule has 1 aliphatic rings. The van der Waals surface area contributed by atoms with Crippen LogP contribution in [0, 0.1) is 18.3 Å². The quantitative estimate of drug-likeness (QED) is 0.463. The Morgan fingerprint density at radius 1 is 1.17 bits per heavy atom. The highest BCUT2D eigenvalue weighted by Crippen LogP contribution is 2.20. The number of ether oxygens (including phenoxy) is 2. The zero-order valence-electron chi connectivity index (χ0n) is 20.1. The van der Waals surface area contributed by atoms with E-state index in [0.717, 1.165) is 24.5 Å². The molecule has 2 aromatic carbocycles. The van der Waals surface area contributed by atoms with Gasteiger partial charge in [-0.15, -0.1) is 5.11 Å². The molecule has 0 radical (unpaired) electrons. The van der Waals surface area contributed by atoms with Gasteiger partial charge < -0.3 is 14.4 Å². The maximum Gasteiger partial charge on any atom is 0.411 e. The van der Waals surface area contributed by atoms with Crippen molar-refractivity contribution in [3.8, 4) is 6.07 Å². The molecule has 1 fully saturated rings. The fourth-order valence-corrected chi connectivity index (χ4v) is 3.60. The molecule has 4 rings (SSSR count). The van der Waals surface area contributed by atoms with Crippen molar-refractivity contribution in [2.75, 3.05) is 43.1 Å². The number of benzene rings is 2. The summed E-state index contributed by atoms with van der Waals surface area (Å²) in [4.78, 5) is 23.4. The highest BCUT2D eigenvalue weighted by atomic mass is 16.5. The lowest BCUT2D eigenvalue weighted by atomic mass is 10.1. The first kappa shape index (κ1) is 24.8. The Balaban J connectivity index is 1.39. The Kier molecular flexibility index (Phi) is 8.51. The number of azo groups is 1. The minimum Gasteiger partial charge on any atom is -0.449 e. The number of nitrogens with zero attached hydrogens (tertiary/aromatic N) is 6. The average molecular weight is 486 g/mol. The van der Waals surface area contributed by atoms with E-state index < -0.39 is 6.09 Å². The smallest absolute Gasteiger partial charge is 0.411 e. The number of carbonyl (C=O) groups excluding carboxylic acids is 1. The van der Waals surface area contributed by atoms with Crippen molar-refractivity contribution < 1.29 is 14.3 Å². The zero-order chi connectivity index (χ0) is 25.2. The summed E-state index contributed by atoms with van der Waals surface area (Å²) in [5.74, 6) is 1.71. The molecule has 0 bridgehead atoms. The van der Waals surface area contributed by atoms with E-state index in [4.69, 9.17) is 14.7 Å². The Labute approximate surface area is 209 Å². The Bertz CT molecular complexity index is 1250. The van der Waals surface area contributed by atoms with Crippen LogP contribution in [-0.2, 0) is 22.4 Å². The van der Waals surface area contributed by atoms with E-state index in [1.807, 2.05) is 37.3 Å². The van der Waals surface area contributed by atoms with Gasteiger partial charge >= 0.3 is 6.09 Å². The first-order valence-corrected chi connectivity index (χ1v) is 11.7. The number of amides is 1. The van der Waals surface area contributed by atoms with Gasteiger partial charge in [-0.1, -0.05) is 29.8 Å². The highest BCUT2D eigenvalue weighted by molar-refractivity contribution is 5.84. The van der Waals surface area contributed by atoms with Crippen LogP contribution >= 0.6 is 0 Å². The number of aryl methyl sites for hydroxylation is 1. The molecule has 1 aromatic heterocycles. The van der Waals surface area contributed by atoms with Gasteiger partial charge in [0.25, 0.3) is 0 Å². The molecular formula is C26H27N7O3. The lowest BCUT2D eigenvalue weighted by Gasteiger charge is -2.28. The summed E-state index contributed by atoms with van der Waals surface area (Å²) in [5, 5.41) is 20.2. The van der Waals surface area contributed by atoms with Gasteiger partial charge in [0.15, 0.2) is 5.82 Å². The molecule has 1 amide bonds. The van der Waals surface area contributed by atoms with Crippen LogP contribution in [0.25, 0.3) is 0 Å². The molecule has 0 unspecified atom stereocenters. The Morgan fingerprint density at radius 3 is 2.72 bits per heavy atom. The summed E-state index contributed by atoms with van der Waals surface area (Å²) in [5.41, 5.74) is 3.30. The van der Waals surface area contributed by atoms with Crippen LogP contribution in [0.3, 0.4) is 0 Å². The normalized spacial score (nSPS) is 13.4. The van der Waals surface area contributed by atoms with Crippen LogP contribution in [0.15, 0.2) is 64.8 Å². The van der Waals surface area contributed by atoms with Crippen LogP contribution in [-0.4, -0.2) is 49.0 Å². The Morgan fingerprint density at radius 2 is 1.97 bits per heavy atom. The van der Waals surface area contributed by atoms with Crippen LogP contribution in [0.2, 0.25) is 0 Å². The number of morpholine rings is 1. The number of nitriles is 1. The SMILES string of the molecule is Cc1cccc(CN=Nc2cc(N3CCOCC3)nc(CCOC(=O)Nc3ccc(C#N)cc3)n2)c1. The number of aromatic nitrogens is 2. The number of carbonyl (C=O) groups is 1. The van der Waals surface area contributed by atoms with Gasteiger partial charge in [-0.3, -0.25) is 5.32 Å². The van der Waals surface area contributed by atoms with Crippen molar-refractivity contribution in [1.82, 2.24) is 9.97 Å². The van der Waals surface area contributed by atoms with Gasteiger partial charge in [0, 0.05) is 31.3 Å². The minimum absolute atomic E-state index is 0.0918. The van der Waals surface area contributed by atoms with Gasteiger partial charge in [-0.05, 0) is 36.8 Å². The predicted octanol–water partition coefficient (Wildman–Crippen LogP) is 4.57.